The van der Waals surface area contributed by atoms with Gasteiger partial charge in [0.2, 0.25) is 5.16 Å². The number of ether oxygens (including phenoxy) is 1. The van der Waals surface area contributed by atoms with Crippen LogP contribution in [0.15, 0.2) is 88.9 Å². The van der Waals surface area contributed by atoms with E-state index in [0.29, 0.717) is 34.7 Å². The van der Waals surface area contributed by atoms with Crippen molar-refractivity contribution in [2.24, 2.45) is 0 Å². The molecule has 1 aromatic heterocycles. The van der Waals surface area contributed by atoms with E-state index in [9.17, 15) is 13.2 Å². The number of carbonyl (C=O) groups excluding carboxylic acids is 1. The molecule has 0 fully saturated rings. The molecule has 1 amide bonds. The number of benzene rings is 3. The van der Waals surface area contributed by atoms with Crippen molar-refractivity contribution in [3.8, 4) is 17.1 Å². The number of hydrogen-bond donors (Lipinski definition) is 3. The number of hydrogen-bond acceptors (Lipinski definition) is 7. The Hall–Kier alpha value is -3.83. The molecule has 0 spiro atoms. The maximum atomic E-state index is 12.6. The molecular weight excluding hydrogens is 498 g/mol. The number of anilines is 1. The van der Waals surface area contributed by atoms with Crippen LogP contribution in [0.4, 0.5) is 5.69 Å². The zero-order valence-electron chi connectivity index (χ0n) is 19.5. The second kappa shape index (κ2) is 11.7. The Balaban J connectivity index is 1.18. The van der Waals surface area contributed by atoms with Gasteiger partial charge in [0.05, 0.1) is 4.90 Å². The third-order valence-corrected chi connectivity index (χ3v) is 7.19. The minimum absolute atomic E-state index is 0.0974. The number of aryl methyl sites for hydroxylation is 1. The normalized spacial score (nSPS) is 11.1. The predicted octanol–water partition coefficient (Wildman–Crippen LogP) is 3.87. The molecule has 1 heterocycles. The lowest BCUT2D eigenvalue weighted by Crippen LogP contribution is -2.30. The molecule has 0 saturated heterocycles. The fraction of sp³-hybridized carbons (Fsp3) is 0.160. The fourth-order valence-corrected chi connectivity index (χ4v) is 4.91. The predicted molar refractivity (Wildman–Crippen MR) is 139 cm³/mol. The lowest BCUT2D eigenvalue weighted by atomic mass is 10.2. The molecule has 36 heavy (non-hydrogen) atoms. The maximum Gasteiger partial charge on any atom is 0.261 e. The van der Waals surface area contributed by atoms with Gasteiger partial charge in [-0.2, -0.15) is 0 Å². The number of amides is 1. The maximum absolute atomic E-state index is 12.6. The van der Waals surface area contributed by atoms with Gasteiger partial charge in [-0.1, -0.05) is 54.2 Å². The van der Waals surface area contributed by atoms with Crippen LogP contribution in [-0.4, -0.2) is 48.4 Å². The summed E-state index contributed by atoms with van der Waals surface area (Å²) in [6, 6.07) is 22.7. The minimum Gasteiger partial charge on any atom is -0.484 e. The monoisotopic (exact) mass is 523 g/mol. The summed E-state index contributed by atoms with van der Waals surface area (Å²) in [4.78, 5) is 16.6. The van der Waals surface area contributed by atoms with Crippen molar-refractivity contribution in [3.05, 3.63) is 84.4 Å². The molecule has 0 bridgehead atoms. The third-order valence-electron chi connectivity index (χ3n) is 4.94. The molecule has 0 aliphatic carbocycles. The van der Waals surface area contributed by atoms with E-state index in [2.05, 4.69) is 25.2 Å². The lowest BCUT2D eigenvalue weighted by Gasteiger charge is -2.10. The number of nitrogens with zero attached hydrogens (tertiary/aromatic N) is 2. The first kappa shape index (κ1) is 25.3. The number of H-pyrrole nitrogens is 1. The number of carbonyl (C=O) groups is 1. The Morgan fingerprint density at radius 2 is 1.81 bits per heavy atom. The van der Waals surface area contributed by atoms with Gasteiger partial charge in [0.25, 0.3) is 15.9 Å². The number of thioether (sulfide) groups is 1. The molecule has 0 saturated carbocycles. The van der Waals surface area contributed by atoms with Crippen molar-refractivity contribution in [2.45, 2.75) is 17.0 Å². The molecule has 0 unspecified atom stereocenters. The van der Waals surface area contributed by atoms with E-state index in [4.69, 9.17) is 4.74 Å². The van der Waals surface area contributed by atoms with E-state index in [-0.39, 0.29) is 17.4 Å². The number of sulfonamides is 1. The van der Waals surface area contributed by atoms with Crippen LogP contribution in [-0.2, 0) is 14.8 Å². The highest BCUT2D eigenvalue weighted by atomic mass is 32.2. The molecule has 3 N–H and O–H groups in total. The first-order valence-electron chi connectivity index (χ1n) is 11.1. The smallest absolute Gasteiger partial charge is 0.261 e. The van der Waals surface area contributed by atoms with E-state index in [0.717, 1.165) is 11.1 Å². The summed E-state index contributed by atoms with van der Waals surface area (Å²) < 4.78 is 33.2. The van der Waals surface area contributed by atoms with Gasteiger partial charge in [0.15, 0.2) is 12.4 Å². The Morgan fingerprint density at radius 3 is 2.56 bits per heavy atom. The molecule has 3 aromatic carbocycles. The number of nitrogens with one attached hydrogen (secondary N) is 3. The van der Waals surface area contributed by atoms with Crippen molar-refractivity contribution >= 4 is 33.4 Å². The van der Waals surface area contributed by atoms with Gasteiger partial charge in [-0.3, -0.25) is 14.6 Å². The first-order chi connectivity index (χ1) is 17.4. The summed E-state index contributed by atoms with van der Waals surface area (Å²) in [6.07, 6.45) is 0. The molecule has 0 aliphatic rings. The largest absolute Gasteiger partial charge is 0.484 e. The molecule has 11 heteroatoms. The number of aromatic nitrogens is 3. The highest BCUT2D eigenvalue weighted by Crippen LogP contribution is 2.20. The van der Waals surface area contributed by atoms with Crippen molar-refractivity contribution < 1.29 is 17.9 Å². The van der Waals surface area contributed by atoms with Gasteiger partial charge in [0, 0.05) is 23.5 Å². The zero-order valence-corrected chi connectivity index (χ0v) is 21.1. The molecule has 186 valence electrons. The Labute approximate surface area is 213 Å². The molecule has 4 rings (SSSR count). The topological polar surface area (TPSA) is 126 Å². The minimum atomic E-state index is -3.73. The Kier molecular flexibility index (Phi) is 8.24. The summed E-state index contributed by atoms with van der Waals surface area (Å²) in [5.74, 6) is 1.40. The average molecular weight is 524 g/mol. The van der Waals surface area contributed by atoms with E-state index < -0.39 is 10.0 Å². The summed E-state index contributed by atoms with van der Waals surface area (Å²) in [5.41, 5.74) is 2.39. The van der Waals surface area contributed by atoms with Crippen LogP contribution >= 0.6 is 11.8 Å². The van der Waals surface area contributed by atoms with Crippen LogP contribution in [0.5, 0.6) is 5.75 Å². The third kappa shape index (κ3) is 7.09. The fourth-order valence-electron chi connectivity index (χ4n) is 3.21. The second-order valence-electron chi connectivity index (χ2n) is 7.77. The van der Waals surface area contributed by atoms with Crippen molar-refractivity contribution in [2.75, 3.05) is 23.6 Å². The van der Waals surface area contributed by atoms with E-state index in [1.165, 1.54) is 36.0 Å². The van der Waals surface area contributed by atoms with Crippen LogP contribution in [0.2, 0.25) is 0 Å². The van der Waals surface area contributed by atoms with Gasteiger partial charge in [-0.15, -0.1) is 5.10 Å². The van der Waals surface area contributed by atoms with Gasteiger partial charge in [-0.05, 0) is 48.9 Å². The van der Waals surface area contributed by atoms with Crippen LogP contribution in [0, 0.1) is 6.92 Å². The SMILES string of the molecule is Cc1cccc(NS(=O)(=O)c2ccc(OCC(=O)NCCSc3n[nH]c(-c4ccccc4)n3)cc2)c1. The quantitative estimate of drug-likeness (QED) is 0.201. The van der Waals surface area contributed by atoms with Gasteiger partial charge < -0.3 is 10.1 Å². The van der Waals surface area contributed by atoms with Crippen LogP contribution in [0.1, 0.15) is 5.56 Å². The molecule has 9 nitrogen and oxygen atoms in total. The molecule has 0 radical (unpaired) electrons. The zero-order chi connectivity index (χ0) is 25.4. The standard InChI is InChI=1S/C25H25N5O4S2/c1-18-6-5-9-20(16-18)30-36(32,33)22-12-10-21(11-13-22)34-17-23(31)26-14-15-35-25-27-24(28-29-25)19-7-3-2-4-8-19/h2-13,16,30H,14-15,17H2,1H3,(H,26,31)(H,27,28,29). The average Bonchev–Trinajstić information content (AvgIpc) is 3.35. The van der Waals surface area contributed by atoms with Gasteiger partial charge in [0.1, 0.15) is 5.75 Å². The number of aromatic amines is 1. The van der Waals surface area contributed by atoms with Crippen LogP contribution in [0.25, 0.3) is 11.4 Å². The highest BCUT2D eigenvalue weighted by Gasteiger charge is 2.14. The molecule has 0 aliphatic heterocycles. The second-order valence-corrected chi connectivity index (χ2v) is 10.5. The summed E-state index contributed by atoms with van der Waals surface area (Å²) in [6.45, 7) is 2.12. The Bertz CT molecular complexity index is 1410. The van der Waals surface area contributed by atoms with Gasteiger partial charge in [-0.25, -0.2) is 13.4 Å². The lowest BCUT2D eigenvalue weighted by molar-refractivity contribution is -0.122. The van der Waals surface area contributed by atoms with E-state index >= 15 is 0 Å². The van der Waals surface area contributed by atoms with E-state index in [1.54, 1.807) is 18.2 Å². The number of rotatable bonds is 11. The molecule has 0 atom stereocenters. The summed E-state index contributed by atoms with van der Waals surface area (Å²) in [5, 5.41) is 10.5. The van der Waals surface area contributed by atoms with Crippen molar-refractivity contribution in [3.63, 3.8) is 0 Å². The van der Waals surface area contributed by atoms with Crippen molar-refractivity contribution in [1.29, 1.82) is 0 Å². The van der Waals surface area contributed by atoms with Crippen LogP contribution < -0.4 is 14.8 Å². The molecular formula is C25H25N5O4S2. The first-order valence-corrected chi connectivity index (χ1v) is 13.6. The summed E-state index contributed by atoms with van der Waals surface area (Å²) >= 11 is 1.43. The highest BCUT2D eigenvalue weighted by molar-refractivity contribution is 7.99. The van der Waals surface area contributed by atoms with Gasteiger partial charge >= 0.3 is 0 Å². The summed E-state index contributed by atoms with van der Waals surface area (Å²) in [7, 11) is -3.73. The van der Waals surface area contributed by atoms with Crippen LogP contribution in [0.3, 0.4) is 0 Å². The Morgan fingerprint density at radius 1 is 1.03 bits per heavy atom. The van der Waals surface area contributed by atoms with Crippen molar-refractivity contribution in [1.82, 2.24) is 20.5 Å². The van der Waals surface area contributed by atoms with E-state index in [1.807, 2.05) is 43.3 Å². The molecule has 4 aromatic rings.